The topological polar surface area (TPSA) is 41.6 Å². The molecule has 1 amide bonds. The Kier molecular flexibility index (Phi) is 6.63. The lowest BCUT2D eigenvalue weighted by molar-refractivity contribution is -0.137. The van der Waals surface area contributed by atoms with Gasteiger partial charge >= 0.3 is 6.18 Å². The van der Waals surface area contributed by atoms with Crippen LogP contribution in [0.3, 0.4) is 0 Å². The summed E-state index contributed by atoms with van der Waals surface area (Å²) in [5.41, 5.74) is 0.181. The van der Waals surface area contributed by atoms with E-state index >= 15 is 0 Å². The van der Waals surface area contributed by atoms with Crippen LogP contribution in [0.5, 0.6) is 0 Å². The van der Waals surface area contributed by atoms with Gasteiger partial charge in [-0.25, -0.2) is 0 Å². The molecule has 27 heavy (non-hydrogen) atoms. The van der Waals surface area contributed by atoms with Crippen molar-refractivity contribution in [2.24, 2.45) is 0 Å². The smallest absolute Gasteiger partial charge is 0.378 e. The van der Waals surface area contributed by atoms with E-state index in [-0.39, 0.29) is 24.1 Å². The van der Waals surface area contributed by atoms with Gasteiger partial charge in [0.05, 0.1) is 23.0 Å². The summed E-state index contributed by atoms with van der Waals surface area (Å²) < 4.78 is 45.0. The van der Waals surface area contributed by atoms with E-state index in [2.05, 4.69) is 10.2 Å². The van der Waals surface area contributed by atoms with Gasteiger partial charge in [-0.15, -0.1) is 0 Å². The lowest BCUT2D eigenvalue weighted by atomic mass is 10.0. The number of carbonyl (C=O) groups excluding carboxylic acids is 1. The molecule has 0 aromatic heterocycles. The summed E-state index contributed by atoms with van der Waals surface area (Å²) in [5, 5.41) is 2.72. The molecule has 2 aliphatic heterocycles. The van der Waals surface area contributed by atoms with Crippen molar-refractivity contribution >= 4 is 17.3 Å². The fraction of sp³-hybridized carbons (Fsp3) is 0.650. The van der Waals surface area contributed by atoms with Gasteiger partial charge in [-0.1, -0.05) is 0 Å². The predicted molar refractivity (Wildman–Crippen MR) is 99.0 cm³/mol. The molecule has 1 atom stereocenters. The van der Waals surface area contributed by atoms with Gasteiger partial charge < -0.3 is 15.0 Å². The molecule has 2 saturated heterocycles. The number of rotatable bonds is 5. The molecule has 1 N–H and O–H groups in total. The second kappa shape index (κ2) is 8.95. The zero-order valence-corrected chi connectivity index (χ0v) is 15.5. The van der Waals surface area contributed by atoms with Gasteiger partial charge in [0, 0.05) is 26.1 Å². The minimum atomic E-state index is -4.43. The summed E-state index contributed by atoms with van der Waals surface area (Å²) in [6.45, 7) is 2.31. The molecule has 1 aromatic carbocycles. The summed E-state index contributed by atoms with van der Waals surface area (Å²) in [6.07, 6.45) is 2.72. The molecule has 0 spiro atoms. The maximum atomic E-state index is 13.1. The number of piperidine rings is 1. The van der Waals surface area contributed by atoms with Crippen molar-refractivity contribution in [3.63, 3.8) is 0 Å². The van der Waals surface area contributed by atoms with Crippen LogP contribution in [-0.2, 0) is 15.7 Å². The molecule has 4 nitrogen and oxygen atoms in total. The van der Waals surface area contributed by atoms with E-state index in [0.29, 0.717) is 12.1 Å². The Morgan fingerprint density at radius 1 is 1.15 bits per heavy atom. The summed E-state index contributed by atoms with van der Waals surface area (Å²) in [6, 6.07) is 3.63. The normalized spacial score (nSPS) is 21.1. The van der Waals surface area contributed by atoms with Crippen LogP contribution in [0, 0.1) is 0 Å². The van der Waals surface area contributed by atoms with Crippen LogP contribution in [-0.4, -0.2) is 31.7 Å². The van der Waals surface area contributed by atoms with Gasteiger partial charge in [0.15, 0.2) is 0 Å². The molecule has 1 unspecified atom stereocenters. The molecule has 1 aromatic rings. The summed E-state index contributed by atoms with van der Waals surface area (Å²) in [4.78, 5) is 14.4. The van der Waals surface area contributed by atoms with E-state index in [9.17, 15) is 18.0 Å². The first-order valence-electron chi connectivity index (χ1n) is 9.81. The number of anilines is 2. The largest absolute Gasteiger partial charge is 0.416 e. The number of hydrogen-bond donors (Lipinski definition) is 1. The third-order valence-electron chi connectivity index (χ3n) is 5.26. The molecule has 2 heterocycles. The van der Waals surface area contributed by atoms with Gasteiger partial charge in [0.25, 0.3) is 0 Å². The first-order chi connectivity index (χ1) is 12.9. The van der Waals surface area contributed by atoms with Gasteiger partial charge in [0.2, 0.25) is 5.91 Å². The van der Waals surface area contributed by atoms with E-state index in [0.717, 1.165) is 70.4 Å². The summed E-state index contributed by atoms with van der Waals surface area (Å²) in [5.74, 6) is -0.262. The highest BCUT2D eigenvalue weighted by molar-refractivity contribution is 5.94. The maximum Gasteiger partial charge on any atom is 0.416 e. The predicted octanol–water partition coefficient (Wildman–Crippen LogP) is 4.98. The molecule has 150 valence electrons. The van der Waals surface area contributed by atoms with E-state index in [1.165, 1.54) is 6.07 Å². The zero-order chi connectivity index (χ0) is 19.3. The van der Waals surface area contributed by atoms with Crippen molar-refractivity contribution in [3.05, 3.63) is 23.8 Å². The Morgan fingerprint density at radius 2 is 1.93 bits per heavy atom. The van der Waals surface area contributed by atoms with Crippen molar-refractivity contribution in [1.82, 2.24) is 0 Å². The average molecular weight is 384 g/mol. The van der Waals surface area contributed by atoms with E-state index < -0.39 is 11.7 Å². The molecule has 0 radical (unpaired) electrons. The fourth-order valence-electron chi connectivity index (χ4n) is 3.76. The van der Waals surface area contributed by atoms with Crippen molar-refractivity contribution in [3.8, 4) is 0 Å². The van der Waals surface area contributed by atoms with Gasteiger partial charge in [-0.05, 0) is 63.1 Å². The molecule has 2 fully saturated rings. The third-order valence-corrected chi connectivity index (χ3v) is 5.26. The molecular weight excluding hydrogens is 357 g/mol. The number of hydrogen-bond acceptors (Lipinski definition) is 3. The maximum absolute atomic E-state index is 13.1. The Bertz CT molecular complexity index is 637. The van der Waals surface area contributed by atoms with Crippen LogP contribution in [0.4, 0.5) is 24.5 Å². The molecule has 2 aliphatic rings. The van der Waals surface area contributed by atoms with E-state index in [1.807, 2.05) is 0 Å². The molecule has 7 heteroatoms. The first kappa shape index (κ1) is 20.0. The van der Waals surface area contributed by atoms with Crippen LogP contribution >= 0.6 is 0 Å². The summed E-state index contributed by atoms with van der Waals surface area (Å²) in [7, 11) is 0. The number of ether oxygens (including phenoxy) is 1. The third kappa shape index (κ3) is 5.61. The summed E-state index contributed by atoms with van der Waals surface area (Å²) >= 11 is 0. The molecule has 0 saturated carbocycles. The number of benzene rings is 1. The Morgan fingerprint density at radius 3 is 2.59 bits per heavy atom. The minimum Gasteiger partial charge on any atom is -0.378 e. The van der Waals surface area contributed by atoms with Crippen LogP contribution in [0.1, 0.15) is 56.9 Å². The second-order valence-corrected chi connectivity index (χ2v) is 7.35. The lowest BCUT2D eigenvalue weighted by Crippen LogP contribution is -2.30. The number of nitrogens with one attached hydrogen (secondary N) is 1. The van der Waals surface area contributed by atoms with Crippen molar-refractivity contribution in [2.45, 2.75) is 63.6 Å². The van der Waals surface area contributed by atoms with Crippen molar-refractivity contribution < 1.29 is 22.7 Å². The number of carbonyl (C=O) groups is 1. The van der Waals surface area contributed by atoms with Crippen LogP contribution < -0.4 is 10.2 Å². The van der Waals surface area contributed by atoms with Gasteiger partial charge in [-0.2, -0.15) is 13.2 Å². The van der Waals surface area contributed by atoms with Crippen LogP contribution in [0.15, 0.2) is 18.2 Å². The lowest BCUT2D eigenvalue weighted by Gasteiger charge is -2.31. The Labute approximate surface area is 158 Å². The highest BCUT2D eigenvalue weighted by Gasteiger charge is 2.32. The number of alkyl halides is 3. The highest BCUT2D eigenvalue weighted by Crippen LogP contribution is 2.36. The molecule has 0 bridgehead atoms. The minimum absolute atomic E-state index is 0.0765. The van der Waals surface area contributed by atoms with Gasteiger partial charge in [0.1, 0.15) is 0 Å². The first-order valence-corrected chi connectivity index (χ1v) is 9.81. The molecule has 0 aliphatic carbocycles. The van der Waals surface area contributed by atoms with Crippen LogP contribution in [0.25, 0.3) is 0 Å². The van der Waals surface area contributed by atoms with Crippen LogP contribution in [0.2, 0.25) is 0 Å². The van der Waals surface area contributed by atoms with Gasteiger partial charge in [-0.3, -0.25) is 4.79 Å². The quantitative estimate of drug-likeness (QED) is 0.778. The SMILES string of the molecule is O=C(CCC1CCCCO1)Nc1cc(C(F)(F)F)ccc1N1CCCCC1. The van der Waals surface area contributed by atoms with Crippen molar-refractivity contribution in [2.75, 3.05) is 29.9 Å². The number of nitrogens with zero attached hydrogens (tertiary/aromatic N) is 1. The zero-order valence-electron chi connectivity index (χ0n) is 15.5. The average Bonchev–Trinajstić information content (AvgIpc) is 2.67. The van der Waals surface area contributed by atoms with E-state index in [4.69, 9.17) is 4.74 Å². The Hall–Kier alpha value is -1.76. The monoisotopic (exact) mass is 384 g/mol. The Balaban J connectivity index is 1.70. The number of amides is 1. The van der Waals surface area contributed by atoms with E-state index in [1.54, 1.807) is 0 Å². The highest BCUT2D eigenvalue weighted by atomic mass is 19.4. The fourth-order valence-corrected chi connectivity index (χ4v) is 3.76. The molecular formula is C20H27F3N2O2. The second-order valence-electron chi connectivity index (χ2n) is 7.35. The molecule has 3 rings (SSSR count). The number of halogens is 3. The van der Waals surface area contributed by atoms with Crippen molar-refractivity contribution in [1.29, 1.82) is 0 Å². The standard InChI is InChI=1S/C20H27F3N2O2/c21-20(22,23)15-7-9-18(25-11-3-1-4-12-25)17(14-15)24-19(26)10-8-16-6-2-5-13-27-16/h7,9,14,16H,1-6,8,10-13H2,(H,24,26).